The fourth-order valence-corrected chi connectivity index (χ4v) is 10.1. The second-order valence-corrected chi connectivity index (χ2v) is 15.6. The number of hydrogen-bond acceptors (Lipinski definition) is 3. The third-order valence-electron chi connectivity index (χ3n) is 11.2. The second-order valence-electron chi connectivity index (χ2n) is 14.5. The molecular formula is C50H36N2S. The van der Waals surface area contributed by atoms with Gasteiger partial charge in [0.1, 0.15) is 0 Å². The minimum atomic E-state index is -0.463. The lowest BCUT2D eigenvalue weighted by atomic mass is 9.54. The molecular weight excluding hydrogens is 661 g/mol. The second kappa shape index (κ2) is 12.3. The summed E-state index contributed by atoms with van der Waals surface area (Å²) < 4.78 is 0. The minimum Gasteiger partial charge on any atom is -0.228 e. The fraction of sp³-hybridized carbons (Fsp3) is 0.0800. The van der Waals surface area contributed by atoms with E-state index in [1.807, 2.05) is 36.0 Å². The maximum absolute atomic E-state index is 5.17. The van der Waals surface area contributed by atoms with Gasteiger partial charge in [0.25, 0.3) is 0 Å². The van der Waals surface area contributed by atoms with Crippen molar-refractivity contribution >= 4 is 11.8 Å². The molecule has 3 heteroatoms. The molecule has 0 N–H and O–H groups in total. The molecule has 1 aromatic heterocycles. The molecule has 0 radical (unpaired) electrons. The van der Waals surface area contributed by atoms with E-state index in [9.17, 15) is 0 Å². The first kappa shape index (κ1) is 31.7. The van der Waals surface area contributed by atoms with Crippen molar-refractivity contribution in [1.29, 1.82) is 0 Å². The van der Waals surface area contributed by atoms with Crippen molar-refractivity contribution in [2.24, 2.45) is 0 Å². The van der Waals surface area contributed by atoms with E-state index >= 15 is 0 Å². The van der Waals surface area contributed by atoms with E-state index in [4.69, 9.17) is 9.97 Å². The van der Waals surface area contributed by atoms with Crippen LogP contribution in [0.4, 0.5) is 0 Å². The van der Waals surface area contributed by atoms with Crippen LogP contribution in [-0.2, 0) is 10.8 Å². The van der Waals surface area contributed by atoms with Gasteiger partial charge in [-0.25, -0.2) is 9.97 Å². The molecule has 2 nitrogen and oxygen atoms in total. The third-order valence-corrected chi connectivity index (χ3v) is 12.4. The van der Waals surface area contributed by atoms with Gasteiger partial charge >= 0.3 is 0 Å². The summed E-state index contributed by atoms with van der Waals surface area (Å²) in [6, 6.07) is 65.9. The summed E-state index contributed by atoms with van der Waals surface area (Å²) >= 11 is 1.90. The van der Waals surface area contributed by atoms with E-state index in [2.05, 4.69) is 172 Å². The Labute approximate surface area is 315 Å². The molecule has 0 saturated heterocycles. The van der Waals surface area contributed by atoms with Gasteiger partial charge in [-0.05, 0) is 62.7 Å². The summed E-state index contributed by atoms with van der Waals surface area (Å²) in [5, 5.41) is 0. The zero-order valence-corrected chi connectivity index (χ0v) is 30.4. The van der Waals surface area contributed by atoms with Crippen LogP contribution in [0.5, 0.6) is 0 Å². The summed E-state index contributed by atoms with van der Waals surface area (Å²) in [7, 11) is 0. The summed E-state index contributed by atoms with van der Waals surface area (Å²) in [6.45, 7) is 4.76. The molecule has 53 heavy (non-hydrogen) atoms. The summed E-state index contributed by atoms with van der Waals surface area (Å²) in [4.78, 5) is 12.8. The Kier molecular flexibility index (Phi) is 7.35. The van der Waals surface area contributed by atoms with Crippen LogP contribution < -0.4 is 0 Å². The van der Waals surface area contributed by atoms with Gasteiger partial charge in [-0.15, -0.1) is 0 Å². The van der Waals surface area contributed by atoms with Gasteiger partial charge in [-0.3, -0.25) is 0 Å². The Morgan fingerprint density at radius 1 is 0.396 bits per heavy atom. The summed E-state index contributed by atoms with van der Waals surface area (Å²) in [5.74, 6) is 0.719. The van der Waals surface area contributed by atoms with Gasteiger partial charge in [0, 0.05) is 31.9 Å². The maximum Gasteiger partial charge on any atom is 0.160 e. The number of hydrogen-bond donors (Lipinski definition) is 0. The van der Waals surface area contributed by atoms with Crippen LogP contribution in [0.3, 0.4) is 0 Å². The maximum atomic E-state index is 5.17. The predicted octanol–water partition coefficient (Wildman–Crippen LogP) is 12.6. The number of benzene rings is 7. The number of nitrogens with zero attached hydrogens (tertiary/aromatic N) is 2. The SMILES string of the molecule is CC1(C)c2ccccc2C2(c3ccccc3Sc3c(-c4cccc(-c5cc(-c6ccccc6)nc(-c6ccccc6)n5)c4)cccc32)c2ccccc21. The molecule has 8 aromatic rings. The quantitative estimate of drug-likeness (QED) is 0.183. The zero-order valence-electron chi connectivity index (χ0n) is 29.6. The Bertz CT molecular complexity index is 2570. The number of fused-ring (bicyclic) bond motifs is 8. The Hall–Kier alpha value is -6.03. The van der Waals surface area contributed by atoms with E-state index < -0.39 is 5.41 Å². The highest BCUT2D eigenvalue weighted by atomic mass is 32.2. The molecule has 10 rings (SSSR count). The highest BCUT2D eigenvalue weighted by Gasteiger charge is 2.52. The molecule has 0 bridgehead atoms. The average Bonchev–Trinajstić information content (AvgIpc) is 3.23. The van der Waals surface area contributed by atoms with Gasteiger partial charge in [0.2, 0.25) is 0 Å². The standard InChI is InChI=1S/C50H36N2S/c1-49(2)38-24-9-11-26-40(38)50(41-27-12-10-25-39(41)49)42-28-13-14-30-46(42)53-47-37(23-16-29-43(47)50)35-21-15-22-36(31-35)45-32-44(33-17-5-3-6-18-33)51-48(52-45)34-19-7-4-8-20-34/h3-32H,1-2H3. The fourth-order valence-electron chi connectivity index (χ4n) is 8.79. The van der Waals surface area contributed by atoms with Crippen LogP contribution in [0.25, 0.3) is 45.0 Å². The van der Waals surface area contributed by atoms with Crippen molar-refractivity contribution < 1.29 is 0 Å². The van der Waals surface area contributed by atoms with Gasteiger partial charge < -0.3 is 0 Å². The molecule has 0 saturated carbocycles. The van der Waals surface area contributed by atoms with Crippen LogP contribution in [0.2, 0.25) is 0 Å². The molecule has 0 fully saturated rings. The molecule has 0 atom stereocenters. The first-order valence-corrected chi connectivity index (χ1v) is 19.1. The van der Waals surface area contributed by atoms with Crippen molar-refractivity contribution in [1.82, 2.24) is 9.97 Å². The summed E-state index contributed by atoms with van der Waals surface area (Å²) in [6.07, 6.45) is 0. The van der Waals surface area contributed by atoms with Gasteiger partial charge in [-0.1, -0.05) is 189 Å². The normalized spacial score (nSPS) is 14.5. The van der Waals surface area contributed by atoms with E-state index in [0.717, 1.165) is 33.9 Å². The summed E-state index contributed by atoms with van der Waals surface area (Å²) in [5.41, 5.74) is 14.9. The third kappa shape index (κ3) is 4.88. The van der Waals surface area contributed by atoms with Crippen molar-refractivity contribution in [2.45, 2.75) is 34.5 Å². The number of rotatable bonds is 4. The van der Waals surface area contributed by atoms with Crippen molar-refractivity contribution in [3.63, 3.8) is 0 Å². The highest BCUT2D eigenvalue weighted by molar-refractivity contribution is 7.99. The monoisotopic (exact) mass is 696 g/mol. The van der Waals surface area contributed by atoms with Crippen LogP contribution in [-0.4, -0.2) is 9.97 Å². The van der Waals surface area contributed by atoms with E-state index in [-0.39, 0.29) is 5.41 Å². The smallest absolute Gasteiger partial charge is 0.160 e. The van der Waals surface area contributed by atoms with Crippen LogP contribution in [0.1, 0.15) is 47.2 Å². The van der Waals surface area contributed by atoms with Crippen molar-refractivity contribution in [3.8, 4) is 45.0 Å². The molecule has 2 aliphatic rings. The average molecular weight is 697 g/mol. The predicted molar refractivity (Wildman–Crippen MR) is 218 cm³/mol. The molecule has 0 amide bonds. The molecule has 1 aliphatic carbocycles. The van der Waals surface area contributed by atoms with Gasteiger partial charge in [-0.2, -0.15) is 0 Å². The number of aromatic nitrogens is 2. The van der Waals surface area contributed by atoms with E-state index in [1.54, 1.807) is 0 Å². The molecule has 0 unspecified atom stereocenters. The largest absolute Gasteiger partial charge is 0.228 e. The zero-order chi connectivity index (χ0) is 35.6. The molecule has 1 aliphatic heterocycles. The van der Waals surface area contributed by atoms with Crippen molar-refractivity contribution in [3.05, 3.63) is 215 Å². The van der Waals surface area contributed by atoms with Gasteiger partial charge in [0.15, 0.2) is 5.82 Å². The Balaban J connectivity index is 1.20. The molecule has 2 heterocycles. The highest BCUT2D eigenvalue weighted by Crippen LogP contribution is 2.62. The topological polar surface area (TPSA) is 25.8 Å². The van der Waals surface area contributed by atoms with Gasteiger partial charge in [0.05, 0.1) is 16.8 Å². The van der Waals surface area contributed by atoms with E-state index in [0.29, 0.717) is 0 Å². The molecule has 1 spiro atoms. The Morgan fingerprint density at radius 2 is 0.887 bits per heavy atom. The van der Waals surface area contributed by atoms with Crippen LogP contribution in [0, 0.1) is 0 Å². The minimum absolute atomic E-state index is 0.140. The van der Waals surface area contributed by atoms with Crippen molar-refractivity contribution in [2.75, 3.05) is 0 Å². The Morgan fingerprint density at radius 3 is 1.57 bits per heavy atom. The van der Waals surface area contributed by atoms with E-state index in [1.165, 1.54) is 54.3 Å². The van der Waals surface area contributed by atoms with Crippen LogP contribution >= 0.6 is 11.8 Å². The molecule has 7 aromatic carbocycles. The first-order chi connectivity index (χ1) is 26.0. The van der Waals surface area contributed by atoms with Crippen LogP contribution in [0.15, 0.2) is 192 Å². The lowest BCUT2D eigenvalue weighted by Gasteiger charge is -2.50. The lowest BCUT2D eigenvalue weighted by molar-refractivity contribution is 0.549. The lowest BCUT2D eigenvalue weighted by Crippen LogP contribution is -2.43. The first-order valence-electron chi connectivity index (χ1n) is 18.2. The molecule has 252 valence electrons.